The van der Waals surface area contributed by atoms with Crippen molar-refractivity contribution in [2.24, 2.45) is 5.92 Å². The summed E-state index contributed by atoms with van der Waals surface area (Å²) in [5, 5.41) is 1.21. The van der Waals surface area contributed by atoms with Crippen LogP contribution < -0.4 is 4.90 Å². The Morgan fingerprint density at radius 3 is 2.38 bits per heavy atom. The Hall–Kier alpha value is -1.62. The van der Waals surface area contributed by atoms with Crippen LogP contribution in [0, 0.1) is 12.8 Å². The third-order valence-electron chi connectivity index (χ3n) is 3.41. The Bertz CT molecular complexity index is 645. The summed E-state index contributed by atoms with van der Waals surface area (Å²) in [5.41, 5.74) is 1.85. The Morgan fingerprint density at radius 1 is 1.29 bits per heavy atom. The van der Waals surface area contributed by atoms with Crippen molar-refractivity contribution < 1.29 is 13.2 Å². The number of benzene rings is 1. The maximum Gasteiger partial charge on any atom is 0.227 e. The van der Waals surface area contributed by atoms with Gasteiger partial charge in [-0.2, -0.15) is 0 Å². The quantitative estimate of drug-likeness (QED) is 0.859. The van der Waals surface area contributed by atoms with Gasteiger partial charge in [0.05, 0.1) is 11.8 Å². The minimum absolute atomic E-state index is 0.0370. The Kier molecular flexibility index (Phi) is 4.52. The molecule has 1 aliphatic heterocycles. The van der Waals surface area contributed by atoms with Gasteiger partial charge in [-0.15, -0.1) is 0 Å². The van der Waals surface area contributed by atoms with E-state index in [-0.39, 0.29) is 17.6 Å². The van der Waals surface area contributed by atoms with Crippen molar-refractivity contribution >= 4 is 21.4 Å². The molecule has 1 aromatic rings. The predicted octanol–water partition coefficient (Wildman–Crippen LogP) is 2.68. The molecule has 0 aliphatic carbocycles. The van der Waals surface area contributed by atoms with Crippen LogP contribution in [-0.2, 0) is 14.6 Å². The third kappa shape index (κ3) is 3.94. The Labute approximate surface area is 126 Å². The lowest BCUT2D eigenvalue weighted by atomic mass is 10.1. The molecule has 2 rings (SSSR count). The van der Waals surface area contributed by atoms with Crippen molar-refractivity contribution in [3.63, 3.8) is 0 Å². The highest BCUT2D eigenvalue weighted by Gasteiger charge is 2.31. The summed E-state index contributed by atoms with van der Waals surface area (Å²) in [6.07, 6.45) is 2.01. The lowest BCUT2D eigenvalue weighted by Crippen LogP contribution is -2.41. The zero-order valence-corrected chi connectivity index (χ0v) is 13.4. The molecule has 0 saturated heterocycles. The summed E-state index contributed by atoms with van der Waals surface area (Å²) in [5.74, 6) is 0.151. The molecule has 4 nitrogen and oxygen atoms in total. The zero-order chi connectivity index (χ0) is 15.6. The molecule has 0 N–H and O–H groups in total. The molecular weight excluding hydrogens is 286 g/mol. The van der Waals surface area contributed by atoms with Crippen molar-refractivity contribution in [1.82, 2.24) is 0 Å². The average Bonchev–Trinajstić information content (AvgIpc) is 2.71. The highest BCUT2D eigenvalue weighted by molar-refractivity contribution is 7.94. The molecule has 0 spiro atoms. The van der Waals surface area contributed by atoms with Crippen LogP contribution in [0.1, 0.15) is 25.8 Å². The van der Waals surface area contributed by atoms with Crippen LogP contribution in [0.25, 0.3) is 0 Å². The van der Waals surface area contributed by atoms with E-state index in [0.717, 1.165) is 11.3 Å². The van der Waals surface area contributed by atoms with Crippen LogP contribution in [0.15, 0.2) is 35.7 Å². The maximum atomic E-state index is 12.5. The number of nitrogens with zero attached hydrogens (tertiary/aromatic N) is 1. The van der Waals surface area contributed by atoms with Crippen molar-refractivity contribution in [2.75, 3.05) is 10.7 Å². The van der Waals surface area contributed by atoms with Gasteiger partial charge in [0.25, 0.3) is 0 Å². The van der Waals surface area contributed by atoms with Gasteiger partial charge in [0.1, 0.15) is 0 Å². The first-order chi connectivity index (χ1) is 9.78. The number of aryl methyl sites for hydroxylation is 1. The van der Waals surface area contributed by atoms with Crippen molar-refractivity contribution in [3.8, 4) is 0 Å². The fourth-order valence-electron chi connectivity index (χ4n) is 2.39. The molecule has 0 saturated carbocycles. The van der Waals surface area contributed by atoms with Gasteiger partial charge in [0.2, 0.25) is 5.91 Å². The lowest BCUT2D eigenvalue weighted by molar-refractivity contribution is -0.119. The van der Waals surface area contributed by atoms with E-state index in [1.54, 1.807) is 11.0 Å². The van der Waals surface area contributed by atoms with Gasteiger partial charge in [0.15, 0.2) is 9.84 Å². The van der Waals surface area contributed by atoms with Crippen LogP contribution in [0.5, 0.6) is 0 Å². The number of carbonyl (C=O) groups excluding carboxylic acids is 1. The van der Waals surface area contributed by atoms with E-state index < -0.39 is 15.9 Å². The molecular formula is C16H21NO3S. The van der Waals surface area contributed by atoms with E-state index in [4.69, 9.17) is 0 Å². The number of anilines is 1. The standard InChI is InChI=1S/C16H21NO3S/c1-12(2)10-16(18)17(14-6-4-13(3)5-7-14)15-8-9-21(19,20)11-15/h4-9,12,15H,10-11H2,1-3H3. The summed E-state index contributed by atoms with van der Waals surface area (Å²) in [4.78, 5) is 14.1. The first-order valence-corrected chi connectivity index (χ1v) is 8.80. The second-order valence-corrected chi connectivity index (χ2v) is 7.85. The second kappa shape index (κ2) is 6.02. The van der Waals surface area contributed by atoms with E-state index in [1.165, 1.54) is 5.41 Å². The van der Waals surface area contributed by atoms with E-state index in [1.807, 2.05) is 45.0 Å². The number of hydrogen-bond acceptors (Lipinski definition) is 3. The van der Waals surface area contributed by atoms with Crippen molar-refractivity contribution in [1.29, 1.82) is 0 Å². The first kappa shape index (κ1) is 15.8. The monoisotopic (exact) mass is 307 g/mol. The number of sulfone groups is 1. The SMILES string of the molecule is Cc1ccc(N(C(=O)CC(C)C)C2C=CS(=O)(=O)C2)cc1. The smallest absolute Gasteiger partial charge is 0.227 e. The van der Waals surface area contributed by atoms with Gasteiger partial charge in [-0.3, -0.25) is 4.79 Å². The predicted molar refractivity (Wildman–Crippen MR) is 84.8 cm³/mol. The number of hydrogen-bond donors (Lipinski definition) is 0. The molecule has 114 valence electrons. The summed E-state index contributed by atoms with van der Waals surface area (Å²) in [6.45, 7) is 5.93. The lowest BCUT2D eigenvalue weighted by Gasteiger charge is -2.28. The molecule has 1 heterocycles. The van der Waals surface area contributed by atoms with Gasteiger partial charge in [-0.05, 0) is 31.1 Å². The van der Waals surface area contributed by atoms with E-state index in [9.17, 15) is 13.2 Å². The van der Waals surface area contributed by atoms with E-state index >= 15 is 0 Å². The molecule has 1 amide bonds. The third-order valence-corrected chi connectivity index (χ3v) is 4.78. The molecule has 0 fully saturated rings. The van der Waals surface area contributed by atoms with E-state index in [0.29, 0.717) is 6.42 Å². The Morgan fingerprint density at radius 2 is 1.90 bits per heavy atom. The summed E-state index contributed by atoms with van der Waals surface area (Å²) < 4.78 is 23.3. The second-order valence-electron chi connectivity index (χ2n) is 5.92. The molecule has 5 heteroatoms. The normalized spacial score (nSPS) is 19.9. The highest BCUT2D eigenvalue weighted by atomic mass is 32.2. The average molecular weight is 307 g/mol. The molecule has 0 bridgehead atoms. The molecule has 1 aliphatic rings. The van der Waals surface area contributed by atoms with Crippen LogP contribution in [0.3, 0.4) is 0 Å². The summed E-state index contributed by atoms with van der Waals surface area (Å²) >= 11 is 0. The molecule has 1 unspecified atom stereocenters. The molecule has 0 aromatic heterocycles. The minimum Gasteiger partial charge on any atom is -0.304 e. The fraction of sp³-hybridized carbons (Fsp3) is 0.438. The van der Waals surface area contributed by atoms with Gasteiger partial charge in [-0.25, -0.2) is 8.42 Å². The van der Waals surface area contributed by atoms with Crippen LogP contribution in [0.4, 0.5) is 5.69 Å². The van der Waals surface area contributed by atoms with Crippen LogP contribution in [-0.4, -0.2) is 26.1 Å². The molecule has 0 radical (unpaired) electrons. The van der Waals surface area contributed by atoms with E-state index in [2.05, 4.69) is 0 Å². The largest absolute Gasteiger partial charge is 0.304 e. The number of carbonyl (C=O) groups is 1. The fourth-order valence-corrected chi connectivity index (χ4v) is 3.66. The molecule has 1 atom stereocenters. The number of amides is 1. The van der Waals surface area contributed by atoms with Gasteiger partial charge in [-0.1, -0.05) is 31.5 Å². The van der Waals surface area contributed by atoms with Crippen LogP contribution in [0.2, 0.25) is 0 Å². The molecule has 21 heavy (non-hydrogen) atoms. The van der Waals surface area contributed by atoms with Crippen molar-refractivity contribution in [3.05, 3.63) is 41.3 Å². The number of rotatable bonds is 4. The highest BCUT2D eigenvalue weighted by Crippen LogP contribution is 2.25. The topological polar surface area (TPSA) is 54.5 Å². The maximum absolute atomic E-state index is 12.5. The minimum atomic E-state index is -3.19. The van der Waals surface area contributed by atoms with Crippen molar-refractivity contribution in [2.45, 2.75) is 33.2 Å². The summed E-state index contributed by atoms with van der Waals surface area (Å²) in [7, 11) is -3.19. The van der Waals surface area contributed by atoms with Gasteiger partial charge in [0, 0.05) is 17.5 Å². The van der Waals surface area contributed by atoms with Gasteiger partial charge < -0.3 is 4.90 Å². The zero-order valence-electron chi connectivity index (χ0n) is 12.6. The van der Waals surface area contributed by atoms with Gasteiger partial charge >= 0.3 is 0 Å². The van der Waals surface area contributed by atoms with Crippen LogP contribution >= 0.6 is 0 Å². The first-order valence-electron chi connectivity index (χ1n) is 7.08. The molecule has 1 aromatic carbocycles. The summed E-state index contributed by atoms with van der Waals surface area (Å²) in [6, 6.07) is 7.18. The Balaban J connectivity index is 2.33.